The number of H-pyrrole nitrogens is 1. The van der Waals surface area contributed by atoms with Crippen LogP contribution in [0.4, 0.5) is 4.39 Å². The average Bonchev–Trinajstić information content (AvgIpc) is 3.15. The number of hydrogen-bond donors (Lipinski definition) is 3. The summed E-state index contributed by atoms with van der Waals surface area (Å²) in [6, 6.07) is 8.59. The van der Waals surface area contributed by atoms with Gasteiger partial charge in [0.1, 0.15) is 12.4 Å². The Morgan fingerprint density at radius 2 is 2.06 bits per heavy atom. The molecule has 0 aliphatic heterocycles. The molecule has 1 aromatic carbocycles. The minimum absolute atomic E-state index is 0. The molecule has 0 unspecified atom stereocenters. The molecule has 168 valence electrons. The molecule has 3 rings (SSSR count). The number of hydrogen-bond acceptors (Lipinski definition) is 4. The third-order valence-corrected chi connectivity index (χ3v) is 4.54. The summed E-state index contributed by atoms with van der Waals surface area (Å²) >= 11 is 0. The Morgan fingerprint density at radius 3 is 2.87 bits per heavy atom. The minimum Gasteiger partial charge on any atom is -0.475 e. The molecule has 0 saturated heterocycles. The number of ether oxygens (including phenoxy) is 2. The summed E-state index contributed by atoms with van der Waals surface area (Å²) in [6.07, 6.45) is 4.37. The number of benzene rings is 1. The number of nitrogens with one attached hydrogen (secondary N) is 3. The van der Waals surface area contributed by atoms with E-state index in [1.807, 2.05) is 25.3 Å². The van der Waals surface area contributed by atoms with Crippen LogP contribution in [0.1, 0.15) is 18.1 Å². The normalized spacial score (nSPS) is 11.3. The van der Waals surface area contributed by atoms with E-state index in [2.05, 4.69) is 25.6 Å². The molecule has 9 heteroatoms. The molecule has 3 aromatic rings. The van der Waals surface area contributed by atoms with Gasteiger partial charge in [-0.2, -0.15) is 0 Å². The van der Waals surface area contributed by atoms with E-state index in [0.29, 0.717) is 38.1 Å². The van der Waals surface area contributed by atoms with Gasteiger partial charge in [-0.1, -0.05) is 6.07 Å². The van der Waals surface area contributed by atoms with Crippen molar-refractivity contribution in [3.05, 3.63) is 59.7 Å². The second-order valence-electron chi connectivity index (χ2n) is 6.68. The second-order valence-corrected chi connectivity index (χ2v) is 6.68. The molecule has 0 spiro atoms. The van der Waals surface area contributed by atoms with E-state index in [0.717, 1.165) is 35.0 Å². The maximum Gasteiger partial charge on any atom is 0.218 e. The van der Waals surface area contributed by atoms with Crippen LogP contribution in [-0.4, -0.2) is 49.3 Å². The van der Waals surface area contributed by atoms with E-state index in [-0.39, 0.29) is 29.8 Å². The van der Waals surface area contributed by atoms with E-state index in [4.69, 9.17) is 9.47 Å². The summed E-state index contributed by atoms with van der Waals surface area (Å²) in [5.74, 6) is 1.04. The van der Waals surface area contributed by atoms with E-state index in [1.54, 1.807) is 25.4 Å². The number of aromatic nitrogens is 2. The lowest BCUT2D eigenvalue weighted by Gasteiger charge is -2.12. The molecular weight excluding hydrogens is 512 g/mol. The lowest BCUT2D eigenvalue weighted by atomic mass is 10.1. The summed E-state index contributed by atoms with van der Waals surface area (Å²) < 4.78 is 24.2. The van der Waals surface area contributed by atoms with Gasteiger partial charge in [0.15, 0.2) is 5.96 Å². The van der Waals surface area contributed by atoms with Crippen LogP contribution < -0.4 is 15.4 Å². The summed E-state index contributed by atoms with van der Waals surface area (Å²) in [6.45, 7) is 4.80. The first kappa shape index (κ1) is 24.9. The van der Waals surface area contributed by atoms with Gasteiger partial charge in [-0.3, -0.25) is 0 Å². The largest absolute Gasteiger partial charge is 0.475 e. The number of rotatable bonds is 10. The van der Waals surface area contributed by atoms with Crippen molar-refractivity contribution in [2.45, 2.75) is 19.9 Å². The van der Waals surface area contributed by atoms with Crippen molar-refractivity contribution in [2.24, 2.45) is 4.99 Å². The van der Waals surface area contributed by atoms with Gasteiger partial charge in [0.2, 0.25) is 5.88 Å². The first-order valence-corrected chi connectivity index (χ1v) is 10.0. The lowest BCUT2D eigenvalue weighted by molar-refractivity contribution is 0.143. The van der Waals surface area contributed by atoms with Crippen molar-refractivity contribution in [3.63, 3.8) is 0 Å². The van der Waals surface area contributed by atoms with Crippen LogP contribution in [0.15, 0.2) is 47.7 Å². The Labute approximate surface area is 198 Å². The van der Waals surface area contributed by atoms with Gasteiger partial charge >= 0.3 is 0 Å². The number of aliphatic imine (C=N–C) groups is 1. The molecule has 0 radical (unpaired) electrons. The lowest BCUT2D eigenvalue weighted by Crippen LogP contribution is -2.38. The number of methoxy groups -OCH3 is 1. The Hall–Kier alpha value is -2.40. The van der Waals surface area contributed by atoms with Gasteiger partial charge in [-0.05, 0) is 43.2 Å². The SMILES string of the molecule is CCNC(=NCc1cccnc1OCCOC)NCCc1c[nH]c2ccc(F)cc12.I. The van der Waals surface area contributed by atoms with E-state index in [1.165, 1.54) is 6.07 Å². The molecule has 2 heterocycles. The Kier molecular flexibility index (Phi) is 10.5. The van der Waals surface area contributed by atoms with Crippen LogP contribution in [0, 0.1) is 5.82 Å². The Bertz CT molecular complexity index is 979. The summed E-state index contributed by atoms with van der Waals surface area (Å²) in [5, 5.41) is 7.48. The van der Waals surface area contributed by atoms with E-state index in [9.17, 15) is 4.39 Å². The first-order valence-electron chi connectivity index (χ1n) is 10.0. The molecule has 0 bridgehead atoms. The number of aromatic amines is 1. The van der Waals surface area contributed by atoms with Crippen LogP contribution >= 0.6 is 24.0 Å². The molecule has 0 saturated carbocycles. The zero-order chi connectivity index (χ0) is 21.2. The first-order chi connectivity index (χ1) is 14.7. The van der Waals surface area contributed by atoms with Crippen molar-refractivity contribution >= 4 is 40.8 Å². The number of guanidine groups is 1. The molecule has 0 atom stereocenters. The van der Waals surface area contributed by atoms with Crippen molar-refractivity contribution in [1.29, 1.82) is 0 Å². The molecule has 7 nitrogen and oxygen atoms in total. The summed E-state index contributed by atoms with van der Waals surface area (Å²) in [7, 11) is 1.63. The highest BCUT2D eigenvalue weighted by Gasteiger charge is 2.07. The number of halogens is 2. The summed E-state index contributed by atoms with van der Waals surface area (Å²) in [4.78, 5) is 12.1. The molecule has 0 aliphatic rings. The van der Waals surface area contributed by atoms with Crippen molar-refractivity contribution < 1.29 is 13.9 Å². The average molecular weight is 541 g/mol. The molecule has 2 aromatic heterocycles. The monoisotopic (exact) mass is 541 g/mol. The van der Waals surface area contributed by atoms with E-state index >= 15 is 0 Å². The van der Waals surface area contributed by atoms with Crippen LogP contribution in [-0.2, 0) is 17.7 Å². The van der Waals surface area contributed by atoms with Crippen LogP contribution in [0.5, 0.6) is 5.88 Å². The third-order valence-electron chi connectivity index (χ3n) is 4.54. The van der Waals surface area contributed by atoms with Crippen LogP contribution in [0.2, 0.25) is 0 Å². The number of nitrogens with zero attached hydrogens (tertiary/aromatic N) is 2. The third kappa shape index (κ3) is 7.35. The van der Waals surface area contributed by atoms with Crippen molar-refractivity contribution in [3.8, 4) is 5.88 Å². The highest BCUT2D eigenvalue weighted by molar-refractivity contribution is 14.0. The zero-order valence-corrected chi connectivity index (χ0v) is 20.1. The Morgan fingerprint density at radius 1 is 1.19 bits per heavy atom. The van der Waals surface area contributed by atoms with Gasteiger partial charge in [0.25, 0.3) is 0 Å². The maximum atomic E-state index is 13.6. The maximum absolute atomic E-state index is 13.6. The van der Waals surface area contributed by atoms with Gasteiger partial charge < -0.3 is 25.1 Å². The van der Waals surface area contributed by atoms with Gasteiger partial charge in [0, 0.05) is 49.1 Å². The van der Waals surface area contributed by atoms with Gasteiger partial charge in [0.05, 0.1) is 13.2 Å². The Balaban J connectivity index is 0.00000341. The minimum atomic E-state index is -0.230. The molecule has 0 amide bonds. The smallest absolute Gasteiger partial charge is 0.218 e. The number of fused-ring (bicyclic) bond motifs is 1. The van der Waals surface area contributed by atoms with Crippen molar-refractivity contribution in [1.82, 2.24) is 20.6 Å². The molecule has 0 fully saturated rings. The fourth-order valence-electron chi connectivity index (χ4n) is 3.08. The second kappa shape index (κ2) is 13.1. The fraction of sp³-hybridized carbons (Fsp3) is 0.364. The van der Waals surface area contributed by atoms with Crippen LogP contribution in [0.25, 0.3) is 10.9 Å². The highest BCUT2D eigenvalue weighted by atomic mass is 127. The summed E-state index contributed by atoms with van der Waals surface area (Å²) in [5.41, 5.74) is 2.90. The van der Waals surface area contributed by atoms with E-state index < -0.39 is 0 Å². The van der Waals surface area contributed by atoms with Crippen LogP contribution in [0.3, 0.4) is 0 Å². The molecule has 0 aliphatic carbocycles. The zero-order valence-electron chi connectivity index (χ0n) is 17.8. The van der Waals surface area contributed by atoms with Gasteiger partial charge in [-0.15, -0.1) is 24.0 Å². The predicted octanol–water partition coefficient (Wildman–Crippen LogP) is 3.64. The van der Waals surface area contributed by atoms with Gasteiger partial charge in [-0.25, -0.2) is 14.4 Å². The fourth-order valence-corrected chi connectivity index (χ4v) is 3.08. The standard InChI is InChI=1S/C22H28FN5O2.HI/c1-3-24-22(28-15-17-5-4-9-25-21(17)30-12-11-29-2)26-10-8-16-14-27-20-7-6-18(23)13-19(16)20;/h4-7,9,13-14,27H,3,8,10-12,15H2,1-2H3,(H2,24,26,28);1H. The topological polar surface area (TPSA) is 83.6 Å². The molecule has 3 N–H and O–H groups in total. The quantitative estimate of drug-likeness (QED) is 0.158. The highest BCUT2D eigenvalue weighted by Crippen LogP contribution is 2.19. The predicted molar refractivity (Wildman–Crippen MR) is 132 cm³/mol. The molecular formula is C22H29FIN5O2. The number of pyridine rings is 1. The van der Waals surface area contributed by atoms with Crippen molar-refractivity contribution in [2.75, 3.05) is 33.4 Å². The molecule has 31 heavy (non-hydrogen) atoms.